The monoisotopic (exact) mass is 642 g/mol. The van der Waals surface area contributed by atoms with Crippen LogP contribution in [0, 0.1) is 6.92 Å². The molecule has 0 radical (unpaired) electrons. The molecule has 4 heterocycles. The number of aromatic nitrogens is 5. The quantitative estimate of drug-likeness (QED) is 0.175. The fraction of sp³-hybridized carbons (Fsp3) is 0.0227. The third-order valence-corrected chi connectivity index (χ3v) is 9.78. The molecule has 0 fully saturated rings. The van der Waals surface area contributed by atoms with E-state index < -0.39 is 0 Å². The van der Waals surface area contributed by atoms with E-state index in [0.29, 0.717) is 0 Å². The summed E-state index contributed by atoms with van der Waals surface area (Å²) in [6.45, 7) is 2.12. The van der Waals surface area contributed by atoms with Crippen LogP contribution in [-0.4, -0.2) is 24.1 Å². The van der Waals surface area contributed by atoms with E-state index >= 15 is 0 Å². The summed E-state index contributed by atoms with van der Waals surface area (Å²) in [5.41, 5.74) is 10.4. The molecule has 0 saturated heterocycles. The molecule has 0 N–H and O–H groups in total. The molecular formula is C44H30N6. The van der Waals surface area contributed by atoms with Gasteiger partial charge in [0.25, 0.3) is 0 Å². The van der Waals surface area contributed by atoms with Gasteiger partial charge in [-0.05, 0) is 84.6 Å². The molecule has 10 rings (SSSR count). The molecule has 0 spiro atoms. The fourth-order valence-electron chi connectivity index (χ4n) is 7.53. The number of pyridine rings is 2. The number of hydrogen-bond acceptors (Lipinski definition) is 4. The Morgan fingerprint density at radius 1 is 0.480 bits per heavy atom. The van der Waals surface area contributed by atoms with Gasteiger partial charge in [-0.2, -0.15) is 0 Å². The number of anilines is 3. The average molecular weight is 643 g/mol. The van der Waals surface area contributed by atoms with Gasteiger partial charge in [0, 0.05) is 56.1 Å². The fourth-order valence-corrected chi connectivity index (χ4v) is 7.53. The van der Waals surface area contributed by atoms with E-state index in [0.717, 1.165) is 83.6 Å². The molecule has 0 atom stereocenters. The molecule has 0 unspecified atom stereocenters. The second-order valence-electron chi connectivity index (χ2n) is 12.7. The van der Waals surface area contributed by atoms with Gasteiger partial charge in [-0.15, -0.1) is 10.2 Å². The molecule has 6 aromatic carbocycles. The Balaban J connectivity index is 1.22. The van der Waals surface area contributed by atoms with Crippen LogP contribution < -0.4 is 4.90 Å². The molecule has 0 amide bonds. The Kier molecular flexibility index (Phi) is 6.29. The van der Waals surface area contributed by atoms with Crippen molar-refractivity contribution in [1.82, 2.24) is 24.1 Å². The lowest BCUT2D eigenvalue weighted by atomic mass is 10.0. The van der Waals surface area contributed by atoms with E-state index in [2.05, 4.69) is 172 Å². The smallest absolute Gasteiger partial charge is 0.169 e. The van der Waals surface area contributed by atoms with Crippen molar-refractivity contribution >= 4 is 66.3 Å². The Hall–Kier alpha value is -6.79. The minimum atomic E-state index is 0.830. The lowest BCUT2D eigenvalue weighted by molar-refractivity contribution is 1.11. The number of hydrogen-bond donors (Lipinski definition) is 0. The molecule has 4 aromatic heterocycles. The van der Waals surface area contributed by atoms with E-state index in [1.165, 1.54) is 5.39 Å². The predicted octanol–water partition coefficient (Wildman–Crippen LogP) is 11.0. The molecule has 0 saturated carbocycles. The maximum absolute atomic E-state index is 4.85. The van der Waals surface area contributed by atoms with Gasteiger partial charge < -0.3 is 4.90 Å². The van der Waals surface area contributed by atoms with Crippen LogP contribution in [0.4, 0.5) is 17.1 Å². The van der Waals surface area contributed by atoms with E-state index in [1.807, 2.05) is 12.3 Å². The first-order valence-electron chi connectivity index (χ1n) is 16.8. The van der Waals surface area contributed by atoms with Gasteiger partial charge in [-0.1, -0.05) is 91.0 Å². The zero-order valence-corrected chi connectivity index (χ0v) is 27.3. The van der Waals surface area contributed by atoms with Crippen LogP contribution in [0.3, 0.4) is 0 Å². The number of rotatable bonds is 5. The molecular weight excluding hydrogens is 613 g/mol. The summed E-state index contributed by atoms with van der Waals surface area (Å²) in [6.07, 6.45) is 1.87. The van der Waals surface area contributed by atoms with Crippen molar-refractivity contribution in [3.8, 4) is 17.1 Å². The summed E-state index contributed by atoms with van der Waals surface area (Å²) < 4.78 is 4.48. The third kappa shape index (κ3) is 4.25. The number of nitrogens with zero attached hydrogens (tertiary/aromatic N) is 6. The van der Waals surface area contributed by atoms with Crippen LogP contribution in [0.2, 0.25) is 0 Å². The van der Waals surface area contributed by atoms with Crippen molar-refractivity contribution in [2.45, 2.75) is 6.92 Å². The summed E-state index contributed by atoms with van der Waals surface area (Å²) in [5.74, 6) is 0.842. The summed E-state index contributed by atoms with van der Waals surface area (Å²) >= 11 is 0. The van der Waals surface area contributed by atoms with Crippen molar-refractivity contribution in [2.75, 3.05) is 4.90 Å². The molecule has 0 aliphatic carbocycles. The van der Waals surface area contributed by atoms with E-state index in [-0.39, 0.29) is 0 Å². The number of para-hydroxylation sites is 3. The maximum Gasteiger partial charge on any atom is 0.169 e. The number of aryl methyl sites for hydroxylation is 1. The lowest BCUT2D eigenvalue weighted by Crippen LogP contribution is -2.10. The van der Waals surface area contributed by atoms with Crippen molar-refractivity contribution in [3.05, 3.63) is 169 Å². The van der Waals surface area contributed by atoms with Gasteiger partial charge in [-0.25, -0.2) is 4.98 Å². The second kappa shape index (κ2) is 11.1. The lowest BCUT2D eigenvalue weighted by Gasteiger charge is -2.26. The van der Waals surface area contributed by atoms with Gasteiger partial charge in [-0.3, -0.25) is 8.97 Å². The third-order valence-electron chi connectivity index (χ3n) is 9.78. The van der Waals surface area contributed by atoms with Crippen molar-refractivity contribution in [3.63, 3.8) is 0 Å². The number of fused-ring (bicyclic) bond motifs is 9. The molecule has 50 heavy (non-hydrogen) atoms. The Bertz CT molecular complexity index is 2850. The summed E-state index contributed by atoms with van der Waals surface area (Å²) in [4.78, 5) is 7.15. The minimum absolute atomic E-state index is 0.830. The van der Waals surface area contributed by atoms with Crippen molar-refractivity contribution < 1.29 is 0 Å². The Labute approximate surface area is 288 Å². The largest absolute Gasteiger partial charge is 0.310 e. The van der Waals surface area contributed by atoms with Gasteiger partial charge in [0.1, 0.15) is 5.65 Å². The van der Waals surface area contributed by atoms with Gasteiger partial charge in [0.2, 0.25) is 0 Å². The molecule has 0 bridgehead atoms. The standard InChI is InChI=1S/C44H30N6/c1-29-13-5-6-18-34(29)43-46-47-44-39-28-33(24-25-35(39)36-19-7-10-23-41(36)50(43)44)48(30-14-3-2-4-15-30)31-16-11-17-32(27-31)49-40-22-9-8-20-37(40)38-21-12-26-45-42(38)49/h2-28H,1H3. The summed E-state index contributed by atoms with van der Waals surface area (Å²) in [5, 5.41) is 15.3. The van der Waals surface area contributed by atoms with Crippen molar-refractivity contribution in [2.24, 2.45) is 0 Å². The topological polar surface area (TPSA) is 51.2 Å². The zero-order chi connectivity index (χ0) is 33.2. The SMILES string of the molecule is Cc1ccccc1-c1nnc2c3cc(N(c4ccccc4)c4cccc(-n5c6ccccc6c6cccnc65)c4)ccc3c3ccccc3n12. The van der Waals surface area contributed by atoms with Crippen LogP contribution >= 0.6 is 0 Å². The first-order valence-corrected chi connectivity index (χ1v) is 16.8. The molecule has 10 aromatic rings. The van der Waals surface area contributed by atoms with Gasteiger partial charge >= 0.3 is 0 Å². The highest BCUT2D eigenvalue weighted by Crippen LogP contribution is 2.41. The summed E-state index contributed by atoms with van der Waals surface area (Å²) in [7, 11) is 0. The van der Waals surface area contributed by atoms with Crippen molar-refractivity contribution in [1.29, 1.82) is 0 Å². The van der Waals surface area contributed by atoms with E-state index in [4.69, 9.17) is 15.2 Å². The molecule has 6 heteroatoms. The Morgan fingerprint density at radius 2 is 1.18 bits per heavy atom. The predicted molar refractivity (Wildman–Crippen MR) is 205 cm³/mol. The Morgan fingerprint density at radius 3 is 2.04 bits per heavy atom. The van der Waals surface area contributed by atoms with Gasteiger partial charge in [0.15, 0.2) is 11.5 Å². The normalized spacial score (nSPS) is 11.7. The maximum atomic E-state index is 4.85. The summed E-state index contributed by atoms with van der Waals surface area (Å²) in [6, 6.07) is 55.5. The zero-order valence-electron chi connectivity index (χ0n) is 27.3. The van der Waals surface area contributed by atoms with E-state index in [1.54, 1.807) is 0 Å². The van der Waals surface area contributed by atoms with E-state index in [9.17, 15) is 0 Å². The highest BCUT2D eigenvalue weighted by Gasteiger charge is 2.20. The van der Waals surface area contributed by atoms with Gasteiger partial charge in [0.05, 0.1) is 11.0 Å². The van der Waals surface area contributed by atoms with Crippen LogP contribution in [-0.2, 0) is 0 Å². The molecule has 6 nitrogen and oxygen atoms in total. The van der Waals surface area contributed by atoms with Crippen LogP contribution in [0.1, 0.15) is 5.56 Å². The first kappa shape index (κ1) is 28.2. The highest BCUT2D eigenvalue weighted by molar-refractivity contribution is 6.13. The average Bonchev–Trinajstić information content (AvgIpc) is 3.76. The van der Waals surface area contributed by atoms with Crippen LogP contribution in [0.25, 0.3) is 66.3 Å². The first-order chi connectivity index (χ1) is 24.7. The van der Waals surface area contributed by atoms with Crippen LogP contribution in [0.5, 0.6) is 0 Å². The molecule has 236 valence electrons. The molecule has 0 aliphatic rings. The minimum Gasteiger partial charge on any atom is -0.310 e. The number of benzene rings is 6. The highest BCUT2D eigenvalue weighted by atomic mass is 15.3. The van der Waals surface area contributed by atoms with Crippen LogP contribution in [0.15, 0.2) is 164 Å². The molecule has 0 aliphatic heterocycles. The second-order valence-corrected chi connectivity index (χ2v) is 12.7.